The molecule has 0 fully saturated rings. The molecule has 3 rings (SSSR count). The lowest BCUT2D eigenvalue weighted by Gasteiger charge is -2.06. The minimum atomic E-state index is -0.449. The van der Waals surface area contributed by atoms with Crippen LogP contribution in [0, 0.1) is 5.82 Å². The topological polar surface area (TPSA) is 82.5 Å². The summed E-state index contributed by atoms with van der Waals surface area (Å²) in [6.45, 7) is 0. The summed E-state index contributed by atoms with van der Waals surface area (Å²) in [4.78, 5) is 16.1. The first-order chi connectivity index (χ1) is 9.65. The molecule has 100 valence electrons. The van der Waals surface area contributed by atoms with Gasteiger partial charge in [0.05, 0.1) is 10.0 Å². The van der Waals surface area contributed by atoms with Gasteiger partial charge in [0.1, 0.15) is 12.1 Å². The van der Waals surface area contributed by atoms with E-state index in [0.717, 1.165) is 0 Å². The lowest BCUT2D eigenvalue weighted by Crippen LogP contribution is -2.07. The number of nitrogens with zero attached hydrogens (tertiary/aromatic N) is 5. The molecule has 0 unspecified atom stereocenters. The summed E-state index contributed by atoms with van der Waals surface area (Å²) in [6.07, 6.45) is 4.77. The van der Waals surface area contributed by atoms with Crippen LogP contribution in [0.25, 0.3) is 17.3 Å². The summed E-state index contributed by atoms with van der Waals surface area (Å²) in [7, 11) is 0. The largest absolute Gasteiger partial charge is 0.368 e. The minimum absolute atomic E-state index is 0.0121. The molecule has 0 amide bonds. The average molecular weight is 335 g/mol. The Bertz CT molecular complexity index is 759. The van der Waals surface area contributed by atoms with Crippen molar-refractivity contribution >= 4 is 21.9 Å². The van der Waals surface area contributed by atoms with Gasteiger partial charge in [-0.15, -0.1) is 0 Å². The Morgan fingerprint density at radius 1 is 1.20 bits per heavy atom. The monoisotopic (exact) mass is 334 g/mol. The van der Waals surface area contributed by atoms with Crippen LogP contribution in [0.4, 0.5) is 10.3 Å². The summed E-state index contributed by atoms with van der Waals surface area (Å²) in [5, 5.41) is 0. The van der Waals surface area contributed by atoms with E-state index in [2.05, 4.69) is 35.9 Å². The lowest BCUT2D eigenvalue weighted by atomic mass is 10.2. The highest BCUT2D eigenvalue weighted by molar-refractivity contribution is 9.10. The van der Waals surface area contributed by atoms with Crippen molar-refractivity contribution < 1.29 is 4.39 Å². The molecule has 20 heavy (non-hydrogen) atoms. The van der Waals surface area contributed by atoms with Crippen molar-refractivity contribution in [3.8, 4) is 17.3 Å². The van der Waals surface area contributed by atoms with Gasteiger partial charge in [0.15, 0.2) is 5.82 Å². The van der Waals surface area contributed by atoms with Gasteiger partial charge in [0, 0.05) is 12.4 Å². The van der Waals surface area contributed by atoms with E-state index >= 15 is 0 Å². The van der Waals surface area contributed by atoms with Crippen LogP contribution in [0.1, 0.15) is 0 Å². The molecular weight excluding hydrogens is 327 g/mol. The first kappa shape index (κ1) is 12.7. The van der Waals surface area contributed by atoms with Crippen LogP contribution in [0.3, 0.4) is 0 Å². The van der Waals surface area contributed by atoms with E-state index in [-0.39, 0.29) is 23.3 Å². The average Bonchev–Trinajstić information content (AvgIpc) is 2.95. The molecule has 2 N–H and O–H groups in total. The maximum absolute atomic E-state index is 14.1. The van der Waals surface area contributed by atoms with Crippen molar-refractivity contribution in [3.63, 3.8) is 0 Å². The Balaban J connectivity index is 2.17. The zero-order valence-electron chi connectivity index (χ0n) is 10.0. The molecule has 0 bridgehead atoms. The van der Waals surface area contributed by atoms with Gasteiger partial charge in [-0.3, -0.25) is 4.57 Å². The van der Waals surface area contributed by atoms with Gasteiger partial charge < -0.3 is 5.73 Å². The van der Waals surface area contributed by atoms with Crippen LogP contribution >= 0.6 is 15.9 Å². The summed E-state index contributed by atoms with van der Waals surface area (Å²) in [6, 6.07) is 4.87. The first-order valence-corrected chi connectivity index (χ1v) is 6.39. The summed E-state index contributed by atoms with van der Waals surface area (Å²) < 4.78 is 16.0. The van der Waals surface area contributed by atoms with E-state index in [9.17, 15) is 4.39 Å². The van der Waals surface area contributed by atoms with Crippen molar-refractivity contribution in [2.24, 2.45) is 0 Å². The van der Waals surface area contributed by atoms with E-state index in [1.165, 1.54) is 6.33 Å². The molecule has 0 saturated carbocycles. The smallest absolute Gasteiger partial charge is 0.240 e. The Morgan fingerprint density at radius 2 is 2.05 bits per heavy atom. The fourth-order valence-corrected chi connectivity index (χ4v) is 2.04. The van der Waals surface area contributed by atoms with E-state index in [4.69, 9.17) is 5.73 Å². The standard InChI is InChI=1S/C12H8BrFN6/c13-8-3-1-2-7(9(8)14)10-17-11(15)19-12(18-10)20-5-4-16-6-20/h1-6H,(H2,15,17,18,19). The zero-order chi connectivity index (χ0) is 14.1. The molecule has 6 nitrogen and oxygen atoms in total. The molecule has 3 aromatic rings. The van der Waals surface area contributed by atoms with E-state index in [1.807, 2.05) is 0 Å². The molecule has 2 heterocycles. The number of aromatic nitrogens is 5. The molecule has 0 aliphatic carbocycles. The second-order valence-electron chi connectivity index (χ2n) is 3.89. The van der Waals surface area contributed by atoms with E-state index < -0.39 is 5.82 Å². The van der Waals surface area contributed by atoms with Crippen molar-refractivity contribution in [1.29, 1.82) is 0 Å². The number of imidazole rings is 1. The van der Waals surface area contributed by atoms with Crippen LogP contribution in [-0.2, 0) is 0 Å². The molecular formula is C12H8BrFN6. The van der Waals surface area contributed by atoms with E-state index in [1.54, 1.807) is 35.2 Å². The maximum Gasteiger partial charge on any atom is 0.240 e. The van der Waals surface area contributed by atoms with Crippen LogP contribution < -0.4 is 5.73 Å². The number of rotatable bonds is 2. The summed E-state index contributed by atoms with van der Waals surface area (Å²) in [5.41, 5.74) is 5.91. The second-order valence-corrected chi connectivity index (χ2v) is 4.74. The highest BCUT2D eigenvalue weighted by Crippen LogP contribution is 2.26. The third-order valence-corrected chi connectivity index (χ3v) is 3.18. The van der Waals surface area contributed by atoms with Gasteiger partial charge in [-0.2, -0.15) is 15.0 Å². The van der Waals surface area contributed by atoms with E-state index in [0.29, 0.717) is 4.47 Å². The zero-order valence-corrected chi connectivity index (χ0v) is 11.6. The predicted octanol–water partition coefficient (Wildman–Crippen LogP) is 2.21. The number of hydrogen-bond acceptors (Lipinski definition) is 5. The maximum atomic E-state index is 14.1. The van der Waals surface area contributed by atoms with Crippen molar-refractivity contribution in [3.05, 3.63) is 47.2 Å². The minimum Gasteiger partial charge on any atom is -0.368 e. The normalized spacial score (nSPS) is 10.7. The summed E-state index contributed by atoms with van der Waals surface area (Å²) in [5.74, 6) is 0.0112. The van der Waals surface area contributed by atoms with Gasteiger partial charge in [-0.25, -0.2) is 9.37 Å². The molecule has 0 atom stereocenters. The van der Waals surface area contributed by atoms with Gasteiger partial charge >= 0.3 is 0 Å². The molecule has 0 radical (unpaired) electrons. The Kier molecular flexibility index (Phi) is 3.15. The van der Waals surface area contributed by atoms with Crippen molar-refractivity contribution in [2.45, 2.75) is 0 Å². The van der Waals surface area contributed by atoms with Crippen LogP contribution in [0.5, 0.6) is 0 Å². The molecule has 2 aromatic heterocycles. The van der Waals surface area contributed by atoms with Gasteiger partial charge in [-0.1, -0.05) is 6.07 Å². The molecule has 1 aromatic carbocycles. The first-order valence-electron chi connectivity index (χ1n) is 5.59. The number of halogens is 2. The number of nitrogens with two attached hydrogens (primary N) is 1. The number of anilines is 1. The molecule has 0 spiro atoms. The molecule has 0 aliphatic rings. The highest BCUT2D eigenvalue weighted by atomic mass is 79.9. The fourth-order valence-electron chi connectivity index (χ4n) is 1.67. The SMILES string of the molecule is Nc1nc(-c2cccc(Br)c2F)nc(-n2ccnc2)n1. The lowest BCUT2D eigenvalue weighted by molar-refractivity contribution is 0.623. The second kappa shape index (κ2) is 4.97. The fraction of sp³-hybridized carbons (Fsp3) is 0. The van der Waals surface area contributed by atoms with Gasteiger partial charge in [-0.05, 0) is 28.1 Å². The Morgan fingerprint density at radius 3 is 2.80 bits per heavy atom. The molecule has 0 aliphatic heterocycles. The van der Waals surface area contributed by atoms with Crippen molar-refractivity contribution in [1.82, 2.24) is 24.5 Å². The van der Waals surface area contributed by atoms with Crippen molar-refractivity contribution in [2.75, 3.05) is 5.73 Å². The molecule has 0 saturated heterocycles. The number of nitrogen functional groups attached to an aromatic ring is 1. The van der Waals surface area contributed by atoms with Gasteiger partial charge in [0.25, 0.3) is 0 Å². The third-order valence-electron chi connectivity index (χ3n) is 2.57. The van der Waals surface area contributed by atoms with Crippen LogP contribution in [-0.4, -0.2) is 24.5 Å². The Hall–Kier alpha value is -2.35. The van der Waals surface area contributed by atoms with Crippen LogP contribution in [0.2, 0.25) is 0 Å². The Labute approximate surface area is 121 Å². The van der Waals surface area contributed by atoms with Crippen LogP contribution in [0.15, 0.2) is 41.4 Å². The quantitative estimate of drug-likeness (QED) is 0.776. The predicted molar refractivity (Wildman–Crippen MR) is 74.5 cm³/mol. The third kappa shape index (κ3) is 2.25. The van der Waals surface area contributed by atoms with Gasteiger partial charge in [0.2, 0.25) is 11.9 Å². The number of hydrogen-bond donors (Lipinski definition) is 1. The number of benzene rings is 1. The molecule has 8 heteroatoms. The summed E-state index contributed by atoms with van der Waals surface area (Å²) >= 11 is 3.13. The highest BCUT2D eigenvalue weighted by Gasteiger charge is 2.13.